The summed E-state index contributed by atoms with van der Waals surface area (Å²) in [5, 5.41) is 1.98. The van der Waals surface area contributed by atoms with Crippen molar-refractivity contribution >= 4 is 5.91 Å². The van der Waals surface area contributed by atoms with Gasteiger partial charge in [-0.25, -0.2) is 9.99 Å². The largest absolute Gasteiger partial charge is 0.497 e. The van der Waals surface area contributed by atoms with Gasteiger partial charge < -0.3 is 9.47 Å². The van der Waals surface area contributed by atoms with Crippen molar-refractivity contribution in [2.24, 2.45) is 0 Å². The van der Waals surface area contributed by atoms with Crippen LogP contribution in [0.1, 0.15) is 16.1 Å². The minimum atomic E-state index is -0.211. The molecule has 0 unspecified atom stereocenters. The molecule has 0 spiro atoms. The molecule has 1 fully saturated rings. The lowest BCUT2D eigenvalue weighted by molar-refractivity contribution is 0.0600. The zero-order valence-electron chi connectivity index (χ0n) is 21.8. The predicted molar refractivity (Wildman–Crippen MR) is 149 cm³/mol. The number of carbonyl (C=O) groups is 1. The summed E-state index contributed by atoms with van der Waals surface area (Å²) < 4.78 is 10.6. The van der Waals surface area contributed by atoms with Crippen LogP contribution >= 0.6 is 0 Å². The smallest absolute Gasteiger partial charge is 0.284 e. The standard InChI is InChI=1S/C31H32N4O3/c1-37-26-12-8-24(9-13-26)28-16-17-29(32-30(28)25-10-14-27(38-2)15-11-25)31(36)33-35-20-18-34(19-21-35)22-23-6-4-3-5-7-23/h3-17H,18-22H2,1-2H3,(H,33,36). The van der Waals surface area contributed by atoms with Gasteiger partial charge in [0, 0.05) is 43.9 Å². The van der Waals surface area contributed by atoms with Crippen LogP contribution in [0.15, 0.2) is 91.0 Å². The number of nitrogens with one attached hydrogen (secondary N) is 1. The van der Waals surface area contributed by atoms with E-state index in [4.69, 9.17) is 14.5 Å². The summed E-state index contributed by atoms with van der Waals surface area (Å²) >= 11 is 0. The Morgan fingerprint density at radius 1 is 0.763 bits per heavy atom. The van der Waals surface area contributed by atoms with Crippen molar-refractivity contribution in [1.29, 1.82) is 0 Å². The molecule has 0 radical (unpaired) electrons. The van der Waals surface area contributed by atoms with E-state index in [1.165, 1.54) is 5.56 Å². The van der Waals surface area contributed by atoms with Gasteiger partial charge in [-0.1, -0.05) is 42.5 Å². The van der Waals surface area contributed by atoms with Gasteiger partial charge >= 0.3 is 0 Å². The Kier molecular flexibility index (Phi) is 7.97. The molecule has 1 amide bonds. The quantitative estimate of drug-likeness (QED) is 0.365. The first-order valence-electron chi connectivity index (χ1n) is 12.7. The Hall–Kier alpha value is -4.20. The molecule has 0 atom stereocenters. The molecule has 7 nitrogen and oxygen atoms in total. The zero-order valence-corrected chi connectivity index (χ0v) is 21.8. The topological polar surface area (TPSA) is 66.9 Å². The van der Waals surface area contributed by atoms with Crippen molar-refractivity contribution in [2.75, 3.05) is 40.4 Å². The first-order valence-corrected chi connectivity index (χ1v) is 12.7. The summed E-state index contributed by atoms with van der Waals surface area (Å²) in [6.07, 6.45) is 0. The average molecular weight is 509 g/mol. The van der Waals surface area contributed by atoms with Crippen molar-refractivity contribution in [2.45, 2.75) is 6.54 Å². The van der Waals surface area contributed by atoms with Crippen molar-refractivity contribution in [3.8, 4) is 33.9 Å². The van der Waals surface area contributed by atoms with Gasteiger partial charge in [0.1, 0.15) is 17.2 Å². The van der Waals surface area contributed by atoms with Crippen molar-refractivity contribution in [3.05, 3.63) is 102 Å². The van der Waals surface area contributed by atoms with E-state index < -0.39 is 0 Å². The fourth-order valence-corrected chi connectivity index (χ4v) is 4.62. The number of ether oxygens (including phenoxy) is 2. The Labute approximate surface area is 223 Å². The third-order valence-electron chi connectivity index (χ3n) is 6.77. The molecule has 1 aliphatic heterocycles. The predicted octanol–water partition coefficient (Wildman–Crippen LogP) is 4.90. The van der Waals surface area contributed by atoms with Crippen LogP contribution in [0.25, 0.3) is 22.4 Å². The van der Waals surface area contributed by atoms with Gasteiger partial charge in [-0.15, -0.1) is 0 Å². The summed E-state index contributed by atoms with van der Waals surface area (Å²) in [6, 6.07) is 29.8. The minimum Gasteiger partial charge on any atom is -0.497 e. The van der Waals surface area contributed by atoms with Crippen LogP contribution in [0, 0.1) is 0 Å². The number of pyridine rings is 1. The fraction of sp³-hybridized carbons (Fsp3) is 0.226. The number of carbonyl (C=O) groups excluding carboxylic acids is 1. The van der Waals surface area contributed by atoms with Gasteiger partial charge in [-0.3, -0.25) is 15.1 Å². The van der Waals surface area contributed by atoms with E-state index in [0.717, 1.165) is 66.6 Å². The molecule has 3 aromatic carbocycles. The number of hydrogen-bond donors (Lipinski definition) is 1. The maximum atomic E-state index is 13.2. The summed E-state index contributed by atoms with van der Waals surface area (Å²) in [7, 11) is 3.29. The van der Waals surface area contributed by atoms with E-state index in [-0.39, 0.29) is 5.91 Å². The third kappa shape index (κ3) is 6.02. The average Bonchev–Trinajstić information content (AvgIpc) is 2.98. The maximum absolute atomic E-state index is 13.2. The number of amides is 1. The molecular formula is C31H32N4O3. The van der Waals surface area contributed by atoms with Crippen LogP contribution in [0.5, 0.6) is 11.5 Å². The number of benzene rings is 3. The highest BCUT2D eigenvalue weighted by molar-refractivity contribution is 5.94. The highest BCUT2D eigenvalue weighted by atomic mass is 16.5. The van der Waals surface area contributed by atoms with Gasteiger partial charge in [0.15, 0.2) is 0 Å². The SMILES string of the molecule is COc1ccc(-c2ccc(C(=O)NN3CCN(Cc4ccccc4)CC3)nc2-c2ccc(OC)cc2)cc1. The first-order chi connectivity index (χ1) is 18.6. The molecule has 0 saturated carbocycles. The molecule has 1 aromatic heterocycles. The molecule has 1 N–H and O–H groups in total. The normalized spacial score (nSPS) is 14.2. The number of nitrogens with zero attached hydrogens (tertiary/aromatic N) is 3. The Bertz CT molecular complexity index is 1350. The molecular weight excluding hydrogens is 476 g/mol. The van der Waals surface area contributed by atoms with E-state index in [1.54, 1.807) is 20.3 Å². The third-order valence-corrected chi connectivity index (χ3v) is 6.77. The second-order valence-electron chi connectivity index (χ2n) is 9.24. The molecule has 0 bridgehead atoms. The molecule has 0 aliphatic carbocycles. The second kappa shape index (κ2) is 11.9. The van der Waals surface area contributed by atoms with E-state index in [9.17, 15) is 4.79 Å². The van der Waals surface area contributed by atoms with Crippen LogP contribution in [0.3, 0.4) is 0 Å². The van der Waals surface area contributed by atoms with E-state index in [2.05, 4.69) is 34.6 Å². The Balaban J connectivity index is 1.32. The van der Waals surface area contributed by atoms with E-state index in [0.29, 0.717) is 5.69 Å². The summed E-state index contributed by atoms with van der Waals surface area (Å²) in [5.74, 6) is 1.34. The van der Waals surface area contributed by atoms with Crippen molar-refractivity contribution in [1.82, 2.24) is 20.3 Å². The molecule has 1 aliphatic rings. The molecule has 4 aromatic rings. The molecule has 38 heavy (non-hydrogen) atoms. The van der Waals surface area contributed by atoms with Crippen LogP contribution in [0.4, 0.5) is 0 Å². The zero-order chi connectivity index (χ0) is 26.3. The maximum Gasteiger partial charge on any atom is 0.284 e. The van der Waals surface area contributed by atoms with Gasteiger partial charge in [0.05, 0.1) is 19.9 Å². The van der Waals surface area contributed by atoms with Gasteiger partial charge in [0.2, 0.25) is 0 Å². The fourth-order valence-electron chi connectivity index (χ4n) is 4.62. The molecule has 1 saturated heterocycles. The molecule has 2 heterocycles. The highest BCUT2D eigenvalue weighted by Crippen LogP contribution is 2.32. The number of aromatic nitrogens is 1. The summed E-state index contributed by atoms with van der Waals surface area (Å²) in [6.45, 7) is 4.20. The van der Waals surface area contributed by atoms with E-state index in [1.807, 2.05) is 65.7 Å². The van der Waals surface area contributed by atoms with Crippen molar-refractivity contribution < 1.29 is 14.3 Å². The first kappa shape index (κ1) is 25.4. The number of hydrazine groups is 1. The second-order valence-corrected chi connectivity index (χ2v) is 9.24. The van der Waals surface area contributed by atoms with Gasteiger partial charge in [0.25, 0.3) is 5.91 Å². The summed E-state index contributed by atoms with van der Waals surface area (Å²) in [4.78, 5) is 20.5. The molecule has 7 heteroatoms. The highest BCUT2D eigenvalue weighted by Gasteiger charge is 2.21. The van der Waals surface area contributed by atoms with Crippen LogP contribution < -0.4 is 14.9 Å². The lowest BCUT2D eigenvalue weighted by Crippen LogP contribution is -2.53. The van der Waals surface area contributed by atoms with Crippen molar-refractivity contribution in [3.63, 3.8) is 0 Å². The number of rotatable bonds is 8. The Morgan fingerprint density at radius 3 is 1.97 bits per heavy atom. The number of hydrogen-bond acceptors (Lipinski definition) is 6. The lowest BCUT2D eigenvalue weighted by Gasteiger charge is -2.34. The Morgan fingerprint density at radius 2 is 1.37 bits per heavy atom. The van der Waals surface area contributed by atoms with Gasteiger partial charge in [-0.05, 0) is 59.7 Å². The van der Waals surface area contributed by atoms with Crippen LogP contribution in [-0.4, -0.2) is 61.2 Å². The van der Waals surface area contributed by atoms with Gasteiger partial charge in [-0.2, -0.15) is 0 Å². The lowest BCUT2D eigenvalue weighted by atomic mass is 9.98. The summed E-state index contributed by atoms with van der Waals surface area (Å²) in [5.41, 5.74) is 8.30. The minimum absolute atomic E-state index is 0.211. The number of methoxy groups -OCH3 is 2. The molecule has 194 valence electrons. The number of piperazine rings is 1. The van der Waals surface area contributed by atoms with Crippen LogP contribution in [-0.2, 0) is 6.54 Å². The monoisotopic (exact) mass is 508 g/mol. The molecule has 5 rings (SSSR count). The van der Waals surface area contributed by atoms with E-state index >= 15 is 0 Å². The van der Waals surface area contributed by atoms with Crippen LogP contribution in [0.2, 0.25) is 0 Å².